The highest BCUT2D eigenvalue weighted by Crippen LogP contribution is 2.48. The van der Waals surface area contributed by atoms with Crippen molar-refractivity contribution in [1.82, 2.24) is 4.98 Å². The standard InChI is InChI=1S/C25H20FN3OS/c26-23-9-7-17(13-24(23)31-29-19-4-2-1-3-5-19)21-14-22(21)25(30)28-20-8-6-18-15-27-11-10-16(18)12-20/h1-13,15,21-22,29H,14H2,(H,28,30). The number of benzene rings is 3. The summed E-state index contributed by atoms with van der Waals surface area (Å²) in [5.74, 6) is -0.260. The molecule has 6 heteroatoms. The number of rotatable bonds is 6. The molecule has 154 valence electrons. The van der Waals surface area contributed by atoms with Crippen molar-refractivity contribution in [2.45, 2.75) is 17.2 Å². The largest absolute Gasteiger partial charge is 0.326 e. The molecule has 0 radical (unpaired) electrons. The number of hydrogen-bond donors (Lipinski definition) is 2. The van der Waals surface area contributed by atoms with E-state index in [9.17, 15) is 9.18 Å². The molecule has 3 aromatic carbocycles. The number of nitrogens with one attached hydrogen (secondary N) is 2. The predicted octanol–water partition coefficient (Wildman–Crippen LogP) is 6.24. The summed E-state index contributed by atoms with van der Waals surface area (Å²) in [5.41, 5.74) is 2.67. The molecule has 1 aromatic heterocycles. The molecular formula is C25H20FN3OS. The Labute approximate surface area is 184 Å². The third-order valence-corrected chi connectivity index (χ3v) is 6.34. The van der Waals surface area contributed by atoms with E-state index in [0.29, 0.717) is 4.90 Å². The third-order valence-electron chi connectivity index (χ3n) is 5.47. The summed E-state index contributed by atoms with van der Waals surface area (Å²) in [5, 5.41) is 5.08. The molecule has 1 aliphatic rings. The molecule has 1 aliphatic carbocycles. The first kappa shape index (κ1) is 19.6. The molecule has 0 bridgehead atoms. The van der Waals surface area contributed by atoms with Crippen molar-refractivity contribution in [3.63, 3.8) is 0 Å². The van der Waals surface area contributed by atoms with Gasteiger partial charge in [-0.25, -0.2) is 4.39 Å². The second-order valence-corrected chi connectivity index (χ2v) is 8.48. The number of pyridine rings is 1. The van der Waals surface area contributed by atoms with Crippen LogP contribution in [-0.4, -0.2) is 10.9 Å². The molecule has 5 rings (SSSR count). The van der Waals surface area contributed by atoms with Gasteiger partial charge in [-0.05, 0) is 77.7 Å². The fourth-order valence-corrected chi connectivity index (χ4v) is 4.42. The Bertz CT molecular complexity index is 1250. The Hall–Kier alpha value is -3.38. The average molecular weight is 430 g/mol. The zero-order chi connectivity index (χ0) is 21.2. The van der Waals surface area contributed by atoms with Crippen LogP contribution in [0.3, 0.4) is 0 Å². The molecule has 0 saturated heterocycles. The molecule has 2 unspecified atom stereocenters. The van der Waals surface area contributed by atoms with Gasteiger partial charge in [0.1, 0.15) is 5.82 Å². The first-order valence-corrected chi connectivity index (χ1v) is 10.9. The fourth-order valence-electron chi connectivity index (χ4n) is 3.70. The highest BCUT2D eigenvalue weighted by atomic mass is 32.2. The number of fused-ring (bicyclic) bond motifs is 1. The van der Waals surface area contributed by atoms with Crippen LogP contribution in [0, 0.1) is 11.7 Å². The lowest BCUT2D eigenvalue weighted by Crippen LogP contribution is -2.14. The van der Waals surface area contributed by atoms with E-state index in [1.54, 1.807) is 18.5 Å². The van der Waals surface area contributed by atoms with Crippen LogP contribution in [0.5, 0.6) is 0 Å². The number of amides is 1. The minimum Gasteiger partial charge on any atom is -0.326 e. The van der Waals surface area contributed by atoms with E-state index in [1.807, 2.05) is 60.7 Å². The van der Waals surface area contributed by atoms with Gasteiger partial charge in [0.2, 0.25) is 5.91 Å². The fraction of sp³-hybridized carbons (Fsp3) is 0.120. The molecular weight excluding hydrogens is 409 g/mol. The second kappa shape index (κ2) is 8.40. The van der Waals surface area contributed by atoms with Gasteiger partial charge in [0, 0.05) is 35.1 Å². The Kier molecular flexibility index (Phi) is 5.30. The zero-order valence-electron chi connectivity index (χ0n) is 16.6. The normalized spacial score (nSPS) is 17.3. The summed E-state index contributed by atoms with van der Waals surface area (Å²) >= 11 is 1.24. The topological polar surface area (TPSA) is 54.0 Å². The molecule has 31 heavy (non-hydrogen) atoms. The molecule has 4 aromatic rings. The maximum absolute atomic E-state index is 14.3. The molecule has 4 nitrogen and oxygen atoms in total. The lowest BCUT2D eigenvalue weighted by molar-refractivity contribution is -0.117. The Balaban J connectivity index is 1.25. The molecule has 0 aliphatic heterocycles. The lowest BCUT2D eigenvalue weighted by Gasteiger charge is -2.09. The molecule has 1 heterocycles. The van der Waals surface area contributed by atoms with Gasteiger partial charge in [-0.1, -0.05) is 30.3 Å². The number of aromatic nitrogens is 1. The molecule has 2 atom stereocenters. The maximum atomic E-state index is 14.3. The SMILES string of the molecule is O=C(Nc1ccc2cnccc2c1)C1CC1c1ccc(F)c(SNc2ccccc2)c1. The summed E-state index contributed by atoms with van der Waals surface area (Å²) in [7, 11) is 0. The number of halogens is 1. The van der Waals surface area contributed by atoms with Crippen LogP contribution in [0.4, 0.5) is 15.8 Å². The first-order chi connectivity index (χ1) is 15.2. The van der Waals surface area contributed by atoms with Gasteiger partial charge < -0.3 is 10.0 Å². The zero-order valence-corrected chi connectivity index (χ0v) is 17.4. The maximum Gasteiger partial charge on any atom is 0.228 e. The molecule has 1 fully saturated rings. The van der Waals surface area contributed by atoms with E-state index in [2.05, 4.69) is 15.0 Å². The number of nitrogens with zero attached hydrogens (tertiary/aromatic N) is 1. The smallest absolute Gasteiger partial charge is 0.228 e. The Morgan fingerprint density at radius 3 is 2.71 bits per heavy atom. The summed E-state index contributed by atoms with van der Waals surface area (Å²) in [6, 6.07) is 22.5. The van der Waals surface area contributed by atoms with Crippen molar-refractivity contribution in [2.24, 2.45) is 5.92 Å². The summed E-state index contributed by atoms with van der Waals surface area (Å²) < 4.78 is 17.4. The van der Waals surface area contributed by atoms with Crippen molar-refractivity contribution in [2.75, 3.05) is 10.0 Å². The molecule has 2 N–H and O–H groups in total. The van der Waals surface area contributed by atoms with Gasteiger partial charge in [-0.3, -0.25) is 9.78 Å². The van der Waals surface area contributed by atoms with Crippen LogP contribution < -0.4 is 10.0 Å². The molecule has 1 amide bonds. The number of anilines is 2. The third kappa shape index (κ3) is 4.39. The quantitative estimate of drug-likeness (QED) is 0.357. The van der Waals surface area contributed by atoms with Crippen molar-refractivity contribution in [1.29, 1.82) is 0 Å². The van der Waals surface area contributed by atoms with Gasteiger partial charge in [0.05, 0.1) is 4.90 Å². The highest BCUT2D eigenvalue weighted by Gasteiger charge is 2.44. The van der Waals surface area contributed by atoms with E-state index in [-0.39, 0.29) is 23.6 Å². The van der Waals surface area contributed by atoms with E-state index >= 15 is 0 Å². The van der Waals surface area contributed by atoms with E-state index in [0.717, 1.165) is 34.1 Å². The van der Waals surface area contributed by atoms with Crippen LogP contribution in [0.15, 0.2) is 90.1 Å². The number of carbonyl (C=O) groups excluding carboxylic acids is 1. The van der Waals surface area contributed by atoms with Gasteiger partial charge in [0.15, 0.2) is 0 Å². The number of para-hydroxylation sites is 1. The van der Waals surface area contributed by atoms with Gasteiger partial charge in [0.25, 0.3) is 0 Å². The lowest BCUT2D eigenvalue weighted by atomic mass is 10.1. The highest BCUT2D eigenvalue weighted by molar-refractivity contribution is 8.00. The van der Waals surface area contributed by atoms with Gasteiger partial charge in [-0.15, -0.1) is 0 Å². The van der Waals surface area contributed by atoms with Crippen LogP contribution in [0.1, 0.15) is 17.9 Å². The minimum absolute atomic E-state index is 0.000607. The second-order valence-electron chi connectivity index (χ2n) is 7.64. The van der Waals surface area contributed by atoms with Crippen molar-refractivity contribution in [3.05, 3.63) is 96.6 Å². The van der Waals surface area contributed by atoms with Crippen molar-refractivity contribution in [3.8, 4) is 0 Å². The van der Waals surface area contributed by atoms with Crippen LogP contribution in [0.25, 0.3) is 10.8 Å². The number of hydrogen-bond acceptors (Lipinski definition) is 4. The van der Waals surface area contributed by atoms with Gasteiger partial charge in [-0.2, -0.15) is 0 Å². The van der Waals surface area contributed by atoms with Crippen LogP contribution in [0.2, 0.25) is 0 Å². The summed E-state index contributed by atoms with van der Waals surface area (Å²) in [4.78, 5) is 17.4. The molecule has 1 saturated carbocycles. The van der Waals surface area contributed by atoms with Gasteiger partial charge >= 0.3 is 0 Å². The van der Waals surface area contributed by atoms with E-state index < -0.39 is 0 Å². The van der Waals surface area contributed by atoms with Crippen molar-refractivity contribution >= 4 is 40.0 Å². The van der Waals surface area contributed by atoms with E-state index in [4.69, 9.17) is 0 Å². The average Bonchev–Trinajstić information content (AvgIpc) is 3.60. The minimum atomic E-state index is -0.274. The Morgan fingerprint density at radius 2 is 1.84 bits per heavy atom. The van der Waals surface area contributed by atoms with Crippen LogP contribution in [-0.2, 0) is 4.79 Å². The number of carbonyl (C=O) groups is 1. The first-order valence-electron chi connectivity index (χ1n) is 10.1. The monoisotopic (exact) mass is 429 g/mol. The summed E-state index contributed by atoms with van der Waals surface area (Å²) in [6.45, 7) is 0. The predicted molar refractivity (Wildman–Crippen MR) is 124 cm³/mol. The van der Waals surface area contributed by atoms with E-state index in [1.165, 1.54) is 18.0 Å². The van der Waals surface area contributed by atoms with Crippen LogP contribution >= 0.6 is 11.9 Å². The Morgan fingerprint density at radius 1 is 0.968 bits per heavy atom. The molecule has 0 spiro atoms. The summed E-state index contributed by atoms with van der Waals surface area (Å²) in [6.07, 6.45) is 4.31. The van der Waals surface area contributed by atoms with Crippen molar-refractivity contribution < 1.29 is 9.18 Å².